The number of carbonyl (C=O) groups is 1. The molecule has 1 amide bonds. The number of alkyl halides is 3. The van der Waals surface area contributed by atoms with Gasteiger partial charge in [-0.3, -0.25) is 4.79 Å². The molecule has 33 heavy (non-hydrogen) atoms. The molecule has 168 valence electrons. The van der Waals surface area contributed by atoms with Crippen LogP contribution in [0.2, 0.25) is 0 Å². The van der Waals surface area contributed by atoms with Crippen molar-refractivity contribution in [1.29, 1.82) is 0 Å². The lowest BCUT2D eigenvalue weighted by atomic mass is 10.1. The largest absolute Gasteiger partial charge is 0.508 e. The van der Waals surface area contributed by atoms with Gasteiger partial charge < -0.3 is 14.8 Å². The van der Waals surface area contributed by atoms with E-state index in [0.29, 0.717) is 11.1 Å². The summed E-state index contributed by atoms with van der Waals surface area (Å²) in [5, 5.41) is 23.8. The summed E-state index contributed by atoms with van der Waals surface area (Å²) in [6, 6.07) is 15.9. The first-order chi connectivity index (χ1) is 15.7. The fourth-order valence-electron chi connectivity index (χ4n) is 3.50. The van der Waals surface area contributed by atoms with Crippen molar-refractivity contribution < 1.29 is 28.2 Å². The molecule has 0 radical (unpaired) electrons. The standard InChI is InChI=1S/C24H18F3N3O3/c25-24(26,27)18-5-3-4-15(8-18)13-30-14-17(21-6-1-2-7-22(21)30)12-28-29-23(33)16-9-19(31)11-20(32)10-16/h1-12,14,31-32H,13H2,(H,29,33)/b28-12-. The van der Waals surface area contributed by atoms with Crippen molar-refractivity contribution in [2.75, 3.05) is 0 Å². The minimum atomic E-state index is -4.42. The Bertz CT molecular complexity index is 1340. The molecule has 0 aliphatic carbocycles. The molecular formula is C24H18F3N3O3. The maximum Gasteiger partial charge on any atom is 0.416 e. The van der Waals surface area contributed by atoms with Gasteiger partial charge in [-0.05, 0) is 35.9 Å². The third kappa shape index (κ3) is 4.98. The summed E-state index contributed by atoms with van der Waals surface area (Å²) in [5.41, 5.74) is 3.57. The molecule has 0 bridgehead atoms. The van der Waals surface area contributed by atoms with Crippen LogP contribution in [0.25, 0.3) is 10.9 Å². The van der Waals surface area contributed by atoms with Crippen molar-refractivity contribution in [3.8, 4) is 11.5 Å². The number of rotatable bonds is 5. The van der Waals surface area contributed by atoms with Gasteiger partial charge in [-0.25, -0.2) is 5.43 Å². The lowest BCUT2D eigenvalue weighted by molar-refractivity contribution is -0.137. The molecule has 0 aliphatic rings. The zero-order valence-corrected chi connectivity index (χ0v) is 17.0. The number of aromatic nitrogens is 1. The van der Waals surface area contributed by atoms with Gasteiger partial charge in [0.25, 0.3) is 5.91 Å². The summed E-state index contributed by atoms with van der Waals surface area (Å²) >= 11 is 0. The lowest BCUT2D eigenvalue weighted by Crippen LogP contribution is -2.17. The van der Waals surface area contributed by atoms with E-state index in [-0.39, 0.29) is 23.6 Å². The van der Waals surface area contributed by atoms with Gasteiger partial charge in [-0.15, -0.1) is 0 Å². The molecule has 6 nitrogen and oxygen atoms in total. The number of hydrogen-bond donors (Lipinski definition) is 3. The Morgan fingerprint density at radius 2 is 1.73 bits per heavy atom. The number of nitrogens with zero attached hydrogens (tertiary/aromatic N) is 2. The van der Waals surface area contributed by atoms with E-state index in [1.807, 2.05) is 24.3 Å². The third-order valence-corrected chi connectivity index (χ3v) is 4.96. The van der Waals surface area contributed by atoms with Crippen LogP contribution in [-0.2, 0) is 12.7 Å². The molecule has 0 fully saturated rings. The number of phenols is 2. The Balaban J connectivity index is 1.58. The fourth-order valence-corrected chi connectivity index (χ4v) is 3.50. The molecule has 4 rings (SSSR count). The van der Waals surface area contributed by atoms with E-state index in [1.165, 1.54) is 24.4 Å². The predicted octanol–water partition coefficient (Wildman–Crippen LogP) is 4.88. The highest BCUT2D eigenvalue weighted by Gasteiger charge is 2.30. The molecule has 9 heteroatoms. The molecule has 0 atom stereocenters. The van der Waals surface area contributed by atoms with E-state index in [0.717, 1.165) is 29.1 Å². The van der Waals surface area contributed by atoms with Crippen molar-refractivity contribution in [2.24, 2.45) is 5.10 Å². The lowest BCUT2D eigenvalue weighted by Gasteiger charge is -2.10. The van der Waals surface area contributed by atoms with Crippen molar-refractivity contribution in [3.05, 3.63) is 95.2 Å². The first kappa shape index (κ1) is 21.9. The van der Waals surface area contributed by atoms with Crippen molar-refractivity contribution >= 4 is 23.0 Å². The molecule has 1 heterocycles. The second-order valence-corrected chi connectivity index (χ2v) is 7.36. The Morgan fingerprint density at radius 3 is 2.45 bits per heavy atom. The monoisotopic (exact) mass is 453 g/mol. The highest BCUT2D eigenvalue weighted by Crippen LogP contribution is 2.30. The Morgan fingerprint density at radius 1 is 1.00 bits per heavy atom. The quantitative estimate of drug-likeness (QED) is 0.297. The van der Waals surface area contributed by atoms with E-state index in [1.54, 1.807) is 16.8 Å². The maximum absolute atomic E-state index is 13.0. The van der Waals surface area contributed by atoms with Crippen LogP contribution in [0.5, 0.6) is 11.5 Å². The predicted molar refractivity (Wildman–Crippen MR) is 117 cm³/mol. The number of halogens is 3. The molecule has 3 N–H and O–H groups in total. The van der Waals surface area contributed by atoms with E-state index < -0.39 is 17.6 Å². The van der Waals surface area contributed by atoms with Gasteiger partial charge in [0.05, 0.1) is 11.8 Å². The van der Waals surface area contributed by atoms with Gasteiger partial charge in [-0.2, -0.15) is 18.3 Å². The minimum absolute atomic E-state index is 0.0247. The first-order valence-corrected chi connectivity index (χ1v) is 9.81. The first-order valence-electron chi connectivity index (χ1n) is 9.81. The fraction of sp³-hybridized carbons (Fsp3) is 0.0833. The maximum atomic E-state index is 13.0. The Kier molecular flexibility index (Phi) is 5.78. The Labute approximate surface area is 186 Å². The Hall–Kier alpha value is -4.27. The summed E-state index contributed by atoms with van der Waals surface area (Å²) in [4.78, 5) is 12.2. The van der Waals surface area contributed by atoms with Crippen LogP contribution in [0.3, 0.4) is 0 Å². The van der Waals surface area contributed by atoms with Crippen LogP contribution in [0.4, 0.5) is 13.2 Å². The molecule has 0 aliphatic heterocycles. The number of phenolic OH excluding ortho intramolecular Hbond substituents is 2. The summed E-state index contributed by atoms with van der Waals surface area (Å²) in [6.45, 7) is 0.215. The van der Waals surface area contributed by atoms with Crippen LogP contribution in [0.15, 0.2) is 78.0 Å². The van der Waals surface area contributed by atoms with Gasteiger partial charge in [0.2, 0.25) is 0 Å². The van der Waals surface area contributed by atoms with Crippen LogP contribution in [0.1, 0.15) is 27.0 Å². The van der Waals surface area contributed by atoms with Crippen molar-refractivity contribution in [1.82, 2.24) is 9.99 Å². The molecule has 3 aromatic carbocycles. The zero-order chi connectivity index (χ0) is 23.6. The van der Waals surface area contributed by atoms with Crippen molar-refractivity contribution in [3.63, 3.8) is 0 Å². The van der Waals surface area contributed by atoms with E-state index in [9.17, 15) is 28.2 Å². The summed E-state index contributed by atoms with van der Waals surface area (Å²) in [5.74, 6) is -1.16. The number of hydrogen-bond acceptors (Lipinski definition) is 4. The van der Waals surface area contributed by atoms with Crippen LogP contribution < -0.4 is 5.43 Å². The molecule has 0 spiro atoms. The average molecular weight is 453 g/mol. The second-order valence-electron chi connectivity index (χ2n) is 7.36. The van der Waals surface area contributed by atoms with Crippen LogP contribution in [-0.4, -0.2) is 26.9 Å². The SMILES string of the molecule is O=C(N/N=C\c1cn(Cc2cccc(C(F)(F)F)c2)c2ccccc12)c1cc(O)cc(O)c1. The normalized spacial score (nSPS) is 11.8. The van der Waals surface area contributed by atoms with E-state index in [4.69, 9.17) is 0 Å². The van der Waals surface area contributed by atoms with Gasteiger partial charge in [0.15, 0.2) is 0 Å². The van der Waals surface area contributed by atoms with Gasteiger partial charge >= 0.3 is 6.18 Å². The van der Waals surface area contributed by atoms with E-state index >= 15 is 0 Å². The molecule has 0 unspecified atom stereocenters. The average Bonchev–Trinajstić information content (AvgIpc) is 3.10. The molecular weight excluding hydrogens is 435 g/mol. The van der Waals surface area contributed by atoms with Gasteiger partial charge in [0.1, 0.15) is 11.5 Å². The van der Waals surface area contributed by atoms with E-state index in [2.05, 4.69) is 10.5 Å². The second kappa shape index (κ2) is 8.70. The summed E-state index contributed by atoms with van der Waals surface area (Å²) in [6.07, 6.45) is -1.26. The third-order valence-electron chi connectivity index (χ3n) is 4.96. The number of amides is 1. The number of carbonyl (C=O) groups excluding carboxylic acids is 1. The molecule has 0 saturated heterocycles. The number of benzene rings is 3. The van der Waals surface area contributed by atoms with Gasteiger partial charge in [-0.1, -0.05) is 30.3 Å². The number of fused-ring (bicyclic) bond motifs is 1. The zero-order valence-electron chi connectivity index (χ0n) is 17.0. The van der Waals surface area contributed by atoms with Gasteiger partial charge in [0, 0.05) is 40.8 Å². The highest BCUT2D eigenvalue weighted by atomic mass is 19.4. The van der Waals surface area contributed by atoms with Crippen LogP contribution in [0, 0.1) is 0 Å². The molecule has 4 aromatic rings. The highest BCUT2D eigenvalue weighted by molar-refractivity contribution is 6.00. The van der Waals surface area contributed by atoms with Crippen molar-refractivity contribution in [2.45, 2.75) is 12.7 Å². The number of para-hydroxylation sites is 1. The number of aromatic hydroxyl groups is 2. The van der Waals surface area contributed by atoms with Crippen LogP contribution >= 0.6 is 0 Å². The number of hydrazone groups is 1. The molecule has 1 aromatic heterocycles. The topological polar surface area (TPSA) is 86.9 Å². The minimum Gasteiger partial charge on any atom is -0.508 e. The summed E-state index contributed by atoms with van der Waals surface area (Å²) in [7, 11) is 0. The smallest absolute Gasteiger partial charge is 0.416 e. The molecule has 0 saturated carbocycles. The summed E-state index contributed by atoms with van der Waals surface area (Å²) < 4.78 is 41.0. The number of nitrogens with one attached hydrogen (secondary N) is 1.